The van der Waals surface area contributed by atoms with Crippen LogP contribution in [-0.4, -0.2) is 15.6 Å². The maximum atomic E-state index is 5.55. The lowest BCUT2D eigenvalue weighted by Gasteiger charge is -2.35. The molecule has 0 radical (unpaired) electrons. The zero-order valence-corrected chi connectivity index (χ0v) is 10.8. The summed E-state index contributed by atoms with van der Waals surface area (Å²) in [4.78, 5) is 4.44. The van der Waals surface area contributed by atoms with Gasteiger partial charge in [-0.25, -0.2) is 4.98 Å². The fraction of sp³-hybridized carbons (Fsp3) is 0.500. The fourth-order valence-corrected chi connectivity index (χ4v) is 2.67. The number of aromatic nitrogens is 2. The van der Waals surface area contributed by atoms with Crippen molar-refractivity contribution < 1.29 is 4.42 Å². The number of aryl methyl sites for hydroxylation is 1. The quantitative estimate of drug-likeness (QED) is 0.900. The van der Waals surface area contributed by atoms with Gasteiger partial charge >= 0.3 is 0 Å². The van der Waals surface area contributed by atoms with Crippen LogP contribution in [0, 0.1) is 5.92 Å². The van der Waals surface area contributed by atoms with Crippen LogP contribution >= 0.6 is 0 Å². The molecule has 2 aromatic heterocycles. The van der Waals surface area contributed by atoms with Gasteiger partial charge in [0.1, 0.15) is 17.6 Å². The summed E-state index contributed by atoms with van der Waals surface area (Å²) >= 11 is 0. The third-order valence-electron chi connectivity index (χ3n) is 3.72. The molecule has 0 amide bonds. The molecule has 2 aromatic rings. The molecule has 3 rings (SSSR count). The van der Waals surface area contributed by atoms with E-state index in [0.29, 0.717) is 6.04 Å². The van der Waals surface area contributed by atoms with E-state index in [9.17, 15) is 0 Å². The predicted octanol–water partition coefficient (Wildman–Crippen LogP) is 2.49. The largest absolute Gasteiger partial charge is 0.467 e. The van der Waals surface area contributed by atoms with Gasteiger partial charge < -0.3 is 8.98 Å². The number of nitrogens with one attached hydrogen (secondary N) is 1. The van der Waals surface area contributed by atoms with E-state index in [1.54, 1.807) is 6.26 Å². The first-order valence-corrected chi connectivity index (χ1v) is 6.50. The maximum Gasteiger partial charge on any atom is 0.133 e. The van der Waals surface area contributed by atoms with Gasteiger partial charge in [-0.15, -0.1) is 0 Å². The number of hydrogen-bond acceptors (Lipinski definition) is 3. The molecule has 1 saturated carbocycles. The van der Waals surface area contributed by atoms with Gasteiger partial charge in [0.25, 0.3) is 0 Å². The Kier molecular flexibility index (Phi) is 2.96. The molecular weight excluding hydrogens is 226 g/mol. The highest BCUT2D eigenvalue weighted by Crippen LogP contribution is 2.30. The predicted molar refractivity (Wildman–Crippen MR) is 69.1 cm³/mol. The highest BCUT2D eigenvalue weighted by atomic mass is 16.3. The zero-order chi connectivity index (χ0) is 12.5. The average molecular weight is 245 g/mol. The summed E-state index contributed by atoms with van der Waals surface area (Å²) in [6, 6.07) is 4.56. The Bertz CT molecular complexity index is 497. The molecule has 1 unspecified atom stereocenters. The van der Waals surface area contributed by atoms with Crippen molar-refractivity contribution in [3.63, 3.8) is 0 Å². The lowest BCUT2D eigenvalue weighted by molar-refractivity contribution is 0.220. The van der Waals surface area contributed by atoms with Gasteiger partial charge in [0, 0.05) is 25.5 Å². The molecule has 18 heavy (non-hydrogen) atoms. The Morgan fingerprint density at radius 3 is 2.89 bits per heavy atom. The van der Waals surface area contributed by atoms with Crippen LogP contribution < -0.4 is 5.32 Å². The van der Waals surface area contributed by atoms with Gasteiger partial charge in [-0.05, 0) is 30.9 Å². The van der Waals surface area contributed by atoms with E-state index in [-0.39, 0.29) is 6.04 Å². The van der Waals surface area contributed by atoms with E-state index < -0.39 is 0 Å². The first-order chi connectivity index (χ1) is 8.74. The summed E-state index contributed by atoms with van der Waals surface area (Å²) in [6.45, 7) is 2.29. The number of rotatable bonds is 4. The number of hydrogen-bond donors (Lipinski definition) is 1. The van der Waals surface area contributed by atoms with Crippen molar-refractivity contribution in [3.05, 3.63) is 42.4 Å². The minimum atomic E-state index is 0.0532. The summed E-state index contributed by atoms with van der Waals surface area (Å²) < 4.78 is 7.60. The topological polar surface area (TPSA) is 43.0 Å². The zero-order valence-electron chi connectivity index (χ0n) is 10.8. The molecule has 1 N–H and O–H groups in total. The molecular formula is C14H19N3O. The third-order valence-corrected chi connectivity index (χ3v) is 3.72. The van der Waals surface area contributed by atoms with Crippen LogP contribution in [0.15, 0.2) is 35.2 Å². The summed E-state index contributed by atoms with van der Waals surface area (Å²) in [6.07, 6.45) is 7.99. The van der Waals surface area contributed by atoms with Crippen LogP contribution in [0.1, 0.15) is 37.4 Å². The molecule has 1 atom stereocenters. The van der Waals surface area contributed by atoms with Crippen LogP contribution in [0.25, 0.3) is 0 Å². The first kappa shape index (κ1) is 11.5. The fourth-order valence-electron chi connectivity index (χ4n) is 2.67. The lowest BCUT2D eigenvalue weighted by Crippen LogP contribution is -2.42. The van der Waals surface area contributed by atoms with Crippen molar-refractivity contribution in [2.24, 2.45) is 13.0 Å². The van der Waals surface area contributed by atoms with E-state index in [0.717, 1.165) is 17.5 Å². The van der Waals surface area contributed by atoms with E-state index in [1.807, 2.05) is 36.1 Å². The number of nitrogens with zero attached hydrogens (tertiary/aromatic N) is 2. The van der Waals surface area contributed by atoms with Gasteiger partial charge in [0.15, 0.2) is 0 Å². The molecule has 1 aliphatic carbocycles. The normalized spacial score (nSPS) is 24.8. The summed E-state index contributed by atoms with van der Waals surface area (Å²) in [5, 5.41) is 3.65. The van der Waals surface area contributed by atoms with Crippen molar-refractivity contribution in [2.75, 3.05) is 0 Å². The molecule has 0 spiro atoms. The van der Waals surface area contributed by atoms with Crippen LogP contribution in [0.4, 0.5) is 0 Å². The van der Waals surface area contributed by atoms with Crippen molar-refractivity contribution in [2.45, 2.75) is 31.8 Å². The molecule has 0 aromatic carbocycles. The second-order valence-corrected chi connectivity index (χ2v) is 5.28. The average Bonchev–Trinajstić information content (AvgIpc) is 2.94. The van der Waals surface area contributed by atoms with Gasteiger partial charge in [-0.2, -0.15) is 0 Å². The van der Waals surface area contributed by atoms with Crippen molar-refractivity contribution >= 4 is 0 Å². The van der Waals surface area contributed by atoms with Crippen LogP contribution in [-0.2, 0) is 7.05 Å². The summed E-state index contributed by atoms with van der Waals surface area (Å²) in [5.74, 6) is 2.77. The second-order valence-electron chi connectivity index (χ2n) is 5.28. The Labute approximate surface area is 107 Å². The Hall–Kier alpha value is -1.55. The van der Waals surface area contributed by atoms with E-state index in [4.69, 9.17) is 4.42 Å². The summed E-state index contributed by atoms with van der Waals surface area (Å²) in [5.41, 5.74) is 0. The standard InChI is InChI=1S/C14H19N3O/c1-10-8-11(9-10)16-13(12-4-3-7-18-12)14-15-5-6-17(14)2/h3-7,10-11,13,16H,8-9H2,1-2H3. The van der Waals surface area contributed by atoms with Crippen molar-refractivity contribution in [1.29, 1.82) is 0 Å². The monoisotopic (exact) mass is 245 g/mol. The van der Waals surface area contributed by atoms with Crippen molar-refractivity contribution in [3.8, 4) is 0 Å². The Balaban J connectivity index is 1.83. The molecule has 2 heterocycles. The third kappa shape index (κ3) is 2.08. The van der Waals surface area contributed by atoms with Crippen LogP contribution in [0.3, 0.4) is 0 Å². The molecule has 4 heteroatoms. The van der Waals surface area contributed by atoms with E-state index in [1.165, 1.54) is 12.8 Å². The van der Waals surface area contributed by atoms with Gasteiger partial charge in [-0.1, -0.05) is 6.92 Å². The minimum absolute atomic E-state index is 0.0532. The van der Waals surface area contributed by atoms with Gasteiger partial charge in [0.2, 0.25) is 0 Å². The smallest absolute Gasteiger partial charge is 0.133 e. The second kappa shape index (κ2) is 4.61. The number of furan rings is 1. The number of imidazole rings is 1. The van der Waals surface area contributed by atoms with E-state index >= 15 is 0 Å². The highest BCUT2D eigenvalue weighted by Gasteiger charge is 2.30. The maximum absolute atomic E-state index is 5.55. The molecule has 0 bridgehead atoms. The van der Waals surface area contributed by atoms with Crippen LogP contribution in [0.5, 0.6) is 0 Å². The Morgan fingerprint density at radius 2 is 2.33 bits per heavy atom. The first-order valence-electron chi connectivity index (χ1n) is 6.50. The molecule has 0 saturated heterocycles. The summed E-state index contributed by atoms with van der Waals surface area (Å²) in [7, 11) is 2.02. The van der Waals surface area contributed by atoms with E-state index in [2.05, 4.69) is 17.2 Å². The molecule has 1 aliphatic rings. The highest BCUT2D eigenvalue weighted by molar-refractivity contribution is 5.16. The van der Waals surface area contributed by atoms with Crippen molar-refractivity contribution in [1.82, 2.24) is 14.9 Å². The molecule has 96 valence electrons. The molecule has 1 fully saturated rings. The van der Waals surface area contributed by atoms with Crippen LogP contribution in [0.2, 0.25) is 0 Å². The molecule has 4 nitrogen and oxygen atoms in total. The minimum Gasteiger partial charge on any atom is -0.467 e. The Morgan fingerprint density at radius 1 is 1.50 bits per heavy atom. The van der Waals surface area contributed by atoms with Gasteiger partial charge in [-0.3, -0.25) is 5.32 Å². The molecule has 0 aliphatic heterocycles. The lowest BCUT2D eigenvalue weighted by atomic mass is 9.81. The SMILES string of the molecule is CC1CC(NC(c2ccco2)c2nccn2C)C1. The van der Waals surface area contributed by atoms with Gasteiger partial charge in [0.05, 0.1) is 6.26 Å².